The lowest BCUT2D eigenvalue weighted by Crippen LogP contribution is -2.46. The number of phenols is 1. The van der Waals surface area contributed by atoms with Crippen LogP contribution in [0.4, 0.5) is 0 Å². The number of carbonyl (C=O) groups excluding carboxylic acids is 1. The van der Waals surface area contributed by atoms with Crippen LogP contribution in [0, 0.1) is 0 Å². The number of benzene rings is 1. The molecule has 9 nitrogen and oxygen atoms in total. The Hall–Kier alpha value is -3.20. The molecule has 1 atom stereocenters. The van der Waals surface area contributed by atoms with E-state index in [1.54, 1.807) is 12.1 Å². The fourth-order valence-corrected chi connectivity index (χ4v) is 2.15. The van der Waals surface area contributed by atoms with Gasteiger partial charge in [0.2, 0.25) is 0 Å². The number of nitrogens with two attached hydrogens (primary N) is 1. The molecule has 1 amide bonds. The van der Waals surface area contributed by atoms with Crippen LogP contribution in [-0.4, -0.2) is 56.5 Å². The van der Waals surface area contributed by atoms with Gasteiger partial charge in [0.1, 0.15) is 23.8 Å². The van der Waals surface area contributed by atoms with Gasteiger partial charge in [0.05, 0.1) is 12.5 Å². The molecule has 0 radical (unpaired) electrons. The smallest absolute Gasteiger partial charge is 0.323 e. The van der Waals surface area contributed by atoms with Gasteiger partial charge < -0.3 is 21.1 Å². The van der Waals surface area contributed by atoms with Crippen molar-refractivity contribution in [2.24, 2.45) is 10.7 Å². The van der Waals surface area contributed by atoms with E-state index in [2.05, 4.69) is 4.99 Å². The molecule has 1 heterocycles. The average Bonchev–Trinajstić information content (AvgIpc) is 2.78. The minimum atomic E-state index is -1.27. The fourth-order valence-electron chi connectivity index (χ4n) is 2.15. The van der Waals surface area contributed by atoms with Crippen LogP contribution in [0.5, 0.6) is 5.75 Å². The van der Waals surface area contributed by atoms with Crippen molar-refractivity contribution in [1.82, 2.24) is 4.90 Å². The Bertz CT molecular complexity index is 738. The quantitative estimate of drug-likeness (QED) is 0.528. The first-order valence-electron chi connectivity index (χ1n) is 6.88. The van der Waals surface area contributed by atoms with E-state index < -0.39 is 36.9 Å². The summed E-state index contributed by atoms with van der Waals surface area (Å²) in [6.45, 7) is -0.669. The summed E-state index contributed by atoms with van der Waals surface area (Å²) in [5.74, 6) is -3.19. The molecule has 1 unspecified atom stereocenters. The van der Waals surface area contributed by atoms with Crippen LogP contribution in [0.15, 0.2) is 35.0 Å². The first-order valence-corrected chi connectivity index (χ1v) is 6.88. The molecule has 0 spiro atoms. The van der Waals surface area contributed by atoms with Gasteiger partial charge in [-0.05, 0) is 23.8 Å². The highest BCUT2D eigenvalue weighted by Crippen LogP contribution is 2.21. The number of carboxylic acids is 2. The molecule has 126 valence electrons. The molecule has 0 bridgehead atoms. The van der Waals surface area contributed by atoms with Gasteiger partial charge in [-0.25, -0.2) is 4.99 Å². The number of phenolic OH excluding ortho intramolecular Hbond substituents is 1. The van der Waals surface area contributed by atoms with Gasteiger partial charge >= 0.3 is 11.9 Å². The maximum absolute atomic E-state index is 12.3. The summed E-state index contributed by atoms with van der Waals surface area (Å²) in [4.78, 5) is 38.9. The third-order valence-corrected chi connectivity index (χ3v) is 3.19. The molecule has 9 heteroatoms. The minimum Gasteiger partial charge on any atom is -0.508 e. The average molecular weight is 333 g/mol. The number of hydrogen-bond donors (Lipinski definition) is 4. The number of carbonyl (C=O) groups is 3. The number of aromatic hydroxyl groups is 1. The second-order valence-electron chi connectivity index (χ2n) is 5.08. The van der Waals surface area contributed by atoms with E-state index >= 15 is 0 Å². The van der Waals surface area contributed by atoms with Crippen molar-refractivity contribution in [3.05, 3.63) is 35.5 Å². The van der Waals surface area contributed by atoms with Crippen molar-refractivity contribution in [1.29, 1.82) is 0 Å². The van der Waals surface area contributed by atoms with Crippen molar-refractivity contribution in [3.63, 3.8) is 0 Å². The van der Waals surface area contributed by atoms with Gasteiger partial charge in [0.15, 0.2) is 0 Å². The third-order valence-electron chi connectivity index (χ3n) is 3.19. The van der Waals surface area contributed by atoms with E-state index in [0.717, 1.165) is 4.90 Å². The maximum Gasteiger partial charge on any atom is 0.323 e. The number of rotatable bonds is 6. The first kappa shape index (κ1) is 17.2. The van der Waals surface area contributed by atoms with Crippen molar-refractivity contribution < 1.29 is 29.7 Å². The Morgan fingerprint density at radius 1 is 1.21 bits per heavy atom. The van der Waals surface area contributed by atoms with E-state index in [-0.39, 0.29) is 17.3 Å². The van der Waals surface area contributed by atoms with Crippen LogP contribution in [0.1, 0.15) is 12.0 Å². The molecule has 2 rings (SSSR count). The monoisotopic (exact) mass is 333 g/mol. The predicted molar refractivity (Wildman–Crippen MR) is 83.1 cm³/mol. The summed E-state index contributed by atoms with van der Waals surface area (Å²) < 4.78 is 0. The summed E-state index contributed by atoms with van der Waals surface area (Å²) in [5.41, 5.74) is 6.23. The summed E-state index contributed by atoms with van der Waals surface area (Å²) in [5, 5.41) is 27.0. The highest BCUT2D eigenvalue weighted by Gasteiger charge is 2.35. The Kier molecular flexibility index (Phi) is 4.95. The molecule has 0 saturated carbocycles. The number of aliphatic imine (C=N–C) groups is 1. The summed E-state index contributed by atoms with van der Waals surface area (Å²) in [7, 11) is 0. The molecule has 1 aromatic carbocycles. The molecular formula is C15H15N3O6. The topological polar surface area (TPSA) is 154 Å². The Balaban J connectivity index is 2.36. The molecule has 0 fully saturated rings. The molecule has 0 aliphatic carbocycles. The number of amides is 1. The van der Waals surface area contributed by atoms with Gasteiger partial charge in [-0.2, -0.15) is 0 Å². The number of carboxylic acid groups (broad SMARTS) is 2. The Labute approximate surface area is 136 Å². The molecule has 0 aromatic heterocycles. The van der Waals surface area contributed by atoms with Crippen molar-refractivity contribution in [2.75, 3.05) is 6.54 Å². The summed E-state index contributed by atoms with van der Waals surface area (Å²) in [6, 6.07) is 4.81. The highest BCUT2D eigenvalue weighted by atomic mass is 16.4. The van der Waals surface area contributed by atoms with Gasteiger partial charge in [-0.1, -0.05) is 12.1 Å². The zero-order valence-corrected chi connectivity index (χ0v) is 12.4. The van der Waals surface area contributed by atoms with E-state index in [1.165, 1.54) is 18.2 Å². The molecule has 1 aliphatic rings. The van der Waals surface area contributed by atoms with Crippen LogP contribution in [0.3, 0.4) is 0 Å². The van der Waals surface area contributed by atoms with Crippen LogP contribution < -0.4 is 5.73 Å². The molecule has 1 aliphatic heterocycles. The number of amidine groups is 1. The van der Waals surface area contributed by atoms with Crippen molar-refractivity contribution in [3.8, 4) is 5.75 Å². The van der Waals surface area contributed by atoms with Crippen LogP contribution in [0.2, 0.25) is 0 Å². The lowest BCUT2D eigenvalue weighted by Gasteiger charge is -2.19. The standard InChI is InChI=1S/C15H15N3O6/c16-10(6-12(20)21)14-17-11(15(24)18(14)7-13(22)23)5-8-1-3-9(19)4-2-8/h1-5,10,19H,6-7,16H2,(H,20,21)(H,22,23). The fraction of sp³-hybridized carbons (Fsp3) is 0.200. The van der Waals surface area contributed by atoms with Crippen LogP contribution >= 0.6 is 0 Å². The van der Waals surface area contributed by atoms with E-state index in [9.17, 15) is 19.5 Å². The Morgan fingerprint density at radius 2 is 1.83 bits per heavy atom. The molecule has 24 heavy (non-hydrogen) atoms. The van der Waals surface area contributed by atoms with Gasteiger partial charge in [0.25, 0.3) is 5.91 Å². The molecule has 0 saturated heterocycles. The molecule has 5 N–H and O–H groups in total. The molecule has 1 aromatic rings. The van der Waals surface area contributed by atoms with Gasteiger partial charge in [-0.15, -0.1) is 0 Å². The van der Waals surface area contributed by atoms with Crippen molar-refractivity contribution in [2.45, 2.75) is 12.5 Å². The van der Waals surface area contributed by atoms with E-state index in [4.69, 9.17) is 15.9 Å². The van der Waals surface area contributed by atoms with Crippen LogP contribution in [-0.2, 0) is 14.4 Å². The number of nitrogens with zero attached hydrogens (tertiary/aromatic N) is 2. The number of aliphatic carboxylic acids is 2. The SMILES string of the molecule is NC(CC(=O)O)C1=NC(=Cc2ccc(O)cc2)C(=O)N1CC(=O)O. The third kappa shape index (κ3) is 3.96. The maximum atomic E-state index is 12.3. The zero-order valence-electron chi connectivity index (χ0n) is 12.4. The predicted octanol–water partition coefficient (Wildman–Crippen LogP) is -0.140. The lowest BCUT2D eigenvalue weighted by atomic mass is 10.2. The van der Waals surface area contributed by atoms with Gasteiger partial charge in [-0.3, -0.25) is 19.3 Å². The second-order valence-corrected chi connectivity index (χ2v) is 5.08. The highest BCUT2D eigenvalue weighted by molar-refractivity contribution is 6.17. The van der Waals surface area contributed by atoms with E-state index in [1.807, 2.05) is 0 Å². The number of hydrogen-bond acceptors (Lipinski definition) is 6. The minimum absolute atomic E-state index is 0.0510. The lowest BCUT2D eigenvalue weighted by molar-refractivity contribution is -0.140. The first-order chi connectivity index (χ1) is 11.3. The molecular weight excluding hydrogens is 318 g/mol. The summed E-state index contributed by atoms with van der Waals surface area (Å²) in [6.07, 6.45) is 0.909. The normalized spacial score (nSPS) is 17.0. The van der Waals surface area contributed by atoms with Gasteiger partial charge in [0, 0.05) is 0 Å². The summed E-state index contributed by atoms with van der Waals surface area (Å²) >= 11 is 0. The zero-order chi connectivity index (χ0) is 17.9. The van der Waals surface area contributed by atoms with Crippen molar-refractivity contribution >= 4 is 29.8 Å². The Morgan fingerprint density at radius 3 is 2.38 bits per heavy atom. The van der Waals surface area contributed by atoms with E-state index in [0.29, 0.717) is 5.56 Å². The second kappa shape index (κ2) is 6.92. The van der Waals surface area contributed by atoms with Crippen LogP contribution in [0.25, 0.3) is 6.08 Å². The largest absolute Gasteiger partial charge is 0.508 e.